The molecule has 2 bridgehead atoms. The van der Waals surface area contributed by atoms with Crippen molar-refractivity contribution in [2.75, 3.05) is 13.1 Å². The molecule has 0 aliphatic carbocycles. The summed E-state index contributed by atoms with van der Waals surface area (Å²) >= 11 is 0. The van der Waals surface area contributed by atoms with Gasteiger partial charge in [-0.3, -0.25) is 0 Å². The third-order valence-corrected chi connectivity index (χ3v) is 2.87. The number of amides is 1. The molecule has 2 rings (SSSR count). The van der Waals surface area contributed by atoms with Crippen molar-refractivity contribution in [2.24, 2.45) is 0 Å². The summed E-state index contributed by atoms with van der Waals surface area (Å²) in [5.74, 6) is 0. The van der Waals surface area contributed by atoms with Gasteiger partial charge in [-0.25, -0.2) is 4.79 Å². The summed E-state index contributed by atoms with van der Waals surface area (Å²) in [5, 5.41) is 17.6. The number of piperazine rings is 1. The molecule has 1 N–H and O–H groups in total. The van der Waals surface area contributed by atoms with Gasteiger partial charge >= 0.3 is 6.09 Å². The van der Waals surface area contributed by atoms with Crippen LogP contribution in [0.5, 0.6) is 0 Å². The minimum atomic E-state index is -0.866. The van der Waals surface area contributed by atoms with Crippen LogP contribution < -0.4 is 0 Å². The molecule has 0 radical (unpaired) electrons. The fourth-order valence-corrected chi connectivity index (χ4v) is 2.22. The van der Waals surface area contributed by atoms with E-state index in [4.69, 9.17) is 10.4 Å². The number of likely N-dealkylation sites (tertiary alicyclic amines) is 1. The van der Waals surface area contributed by atoms with E-state index >= 15 is 0 Å². The van der Waals surface area contributed by atoms with Crippen LogP contribution in [0.4, 0.5) is 4.79 Å². The van der Waals surface area contributed by atoms with Gasteiger partial charge in [0.25, 0.3) is 0 Å². The summed E-state index contributed by atoms with van der Waals surface area (Å²) in [4.78, 5) is 13.9. The molecule has 2 fully saturated rings. The number of fused-ring (bicyclic) bond motifs is 2. The fraction of sp³-hybridized carbons (Fsp3) is 0.750. The smallest absolute Gasteiger partial charge is 0.407 e. The van der Waals surface area contributed by atoms with Crippen LogP contribution in [0.1, 0.15) is 12.8 Å². The monoisotopic (exact) mass is 181 g/mol. The quantitative estimate of drug-likeness (QED) is 0.545. The number of hydrogen-bond donors (Lipinski definition) is 1. The maximum Gasteiger partial charge on any atom is 0.407 e. The van der Waals surface area contributed by atoms with Crippen LogP contribution in [0.15, 0.2) is 0 Å². The maximum absolute atomic E-state index is 10.7. The summed E-state index contributed by atoms with van der Waals surface area (Å²) in [5.41, 5.74) is 0. The van der Waals surface area contributed by atoms with E-state index < -0.39 is 6.09 Å². The second kappa shape index (κ2) is 2.80. The van der Waals surface area contributed by atoms with E-state index in [0.717, 1.165) is 12.8 Å². The van der Waals surface area contributed by atoms with Crippen molar-refractivity contribution in [1.82, 2.24) is 9.80 Å². The predicted molar refractivity (Wildman–Crippen MR) is 43.9 cm³/mol. The fourth-order valence-electron chi connectivity index (χ4n) is 2.22. The first-order valence-corrected chi connectivity index (χ1v) is 4.38. The summed E-state index contributed by atoms with van der Waals surface area (Å²) in [6.45, 7) is 0.971. The van der Waals surface area contributed by atoms with E-state index in [1.54, 1.807) is 4.90 Å². The molecule has 2 aliphatic rings. The van der Waals surface area contributed by atoms with Crippen LogP contribution in [-0.2, 0) is 0 Å². The maximum atomic E-state index is 10.7. The lowest BCUT2D eigenvalue weighted by molar-refractivity contribution is 0.0922. The molecule has 0 saturated carbocycles. The molecule has 13 heavy (non-hydrogen) atoms. The Morgan fingerprint density at radius 2 is 1.92 bits per heavy atom. The molecule has 2 atom stereocenters. The molecule has 0 aromatic rings. The largest absolute Gasteiger partial charge is 0.465 e. The van der Waals surface area contributed by atoms with Crippen molar-refractivity contribution in [3.63, 3.8) is 0 Å². The van der Waals surface area contributed by atoms with Crippen LogP contribution in [0.2, 0.25) is 0 Å². The normalized spacial score (nSPS) is 31.6. The average molecular weight is 181 g/mol. The first-order valence-electron chi connectivity index (χ1n) is 4.38. The van der Waals surface area contributed by atoms with E-state index in [1.807, 2.05) is 0 Å². The predicted octanol–water partition coefficient (Wildman–Crippen LogP) is 0.294. The minimum absolute atomic E-state index is 0.125. The SMILES string of the molecule is N#CN1C2CCC1CN(C(=O)O)C2. The van der Waals surface area contributed by atoms with Crippen molar-refractivity contribution in [1.29, 1.82) is 5.26 Å². The Morgan fingerprint density at radius 1 is 1.38 bits per heavy atom. The molecule has 2 aliphatic heterocycles. The molecule has 2 heterocycles. The molecule has 0 spiro atoms. The highest BCUT2D eigenvalue weighted by atomic mass is 16.4. The van der Waals surface area contributed by atoms with Gasteiger partial charge in [-0.1, -0.05) is 0 Å². The zero-order valence-corrected chi connectivity index (χ0v) is 7.18. The lowest BCUT2D eigenvalue weighted by atomic mass is 10.2. The molecular weight excluding hydrogens is 170 g/mol. The van der Waals surface area contributed by atoms with Gasteiger partial charge in [0.2, 0.25) is 0 Å². The van der Waals surface area contributed by atoms with Crippen molar-refractivity contribution < 1.29 is 9.90 Å². The van der Waals surface area contributed by atoms with Crippen LogP contribution in [0, 0.1) is 11.5 Å². The van der Waals surface area contributed by atoms with E-state index in [0.29, 0.717) is 13.1 Å². The lowest BCUT2D eigenvalue weighted by Crippen LogP contribution is -2.53. The van der Waals surface area contributed by atoms with Crippen molar-refractivity contribution in [3.05, 3.63) is 0 Å². The molecule has 5 heteroatoms. The standard InChI is InChI=1S/C8H11N3O2/c9-5-11-6-1-2-7(11)4-10(3-6)8(12)13/h6-7H,1-4H2,(H,12,13). The second-order valence-corrected chi connectivity index (χ2v) is 3.58. The van der Waals surface area contributed by atoms with Gasteiger partial charge in [-0.05, 0) is 12.8 Å². The Balaban J connectivity index is 2.11. The van der Waals surface area contributed by atoms with Gasteiger partial charge in [-0.2, -0.15) is 5.26 Å². The first kappa shape index (κ1) is 8.17. The minimum Gasteiger partial charge on any atom is -0.465 e. The van der Waals surface area contributed by atoms with E-state index in [9.17, 15) is 4.79 Å². The Kier molecular flexibility index (Phi) is 1.76. The highest BCUT2D eigenvalue weighted by molar-refractivity contribution is 5.65. The van der Waals surface area contributed by atoms with Crippen molar-refractivity contribution in [3.8, 4) is 6.19 Å². The zero-order chi connectivity index (χ0) is 9.42. The van der Waals surface area contributed by atoms with Gasteiger partial charge in [0.05, 0.1) is 12.1 Å². The Hall–Kier alpha value is -1.44. The van der Waals surface area contributed by atoms with Crippen LogP contribution in [-0.4, -0.2) is 46.2 Å². The summed E-state index contributed by atoms with van der Waals surface area (Å²) in [7, 11) is 0. The van der Waals surface area contributed by atoms with Gasteiger partial charge in [0, 0.05) is 13.1 Å². The van der Waals surface area contributed by atoms with Gasteiger partial charge in [0.1, 0.15) is 0 Å². The number of carboxylic acid groups (broad SMARTS) is 1. The Morgan fingerprint density at radius 3 is 2.31 bits per heavy atom. The van der Waals surface area contributed by atoms with Gasteiger partial charge in [0.15, 0.2) is 6.19 Å². The molecule has 0 aromatic carbocycles. The lowest BCUT2D eigenvalue weighted by Gasteiger charge is -2.36. The summed E-state index contributed by atoms with van der Waals surface area (Å²) in [6, 6.07) is 0.250. The van der Waals surface area contributed by atoms with Gasteiger partial charge < -0.3 is 14.9 Å². The molecule has 0 aromatic heterocycles. The summed E-state index contributed by atoms with van der Waals surface area (Å²) < 4.78 is 0. The van der Waals surface area contributed by atoms with Gasteiger partial charge in [-0.15, -0.1) is 0 Å². The van der Waals surface area contributed by atoms with Crippen LogP contribution in [0.3, 0.4) is 0 Å². The molecule has 70 valence electrons. The number of nitrogens with zero attached hydrogens (tertiary/aromatic N) is 3. The third-order valence-electron chi connectivity index (χ3n) is 2.87. The van der Waals surface area contributed by atoms with E-state index in [-0.39, 0.29) is 12.1 Å². The van der Waals surface area contributed by atoms with Crippen LogP contribution in [0.25, 0.3) is 0 Å². The number of nitriles is 1. The van der Waals surface area contributed by atoms with E-state index in [2.05, 4.69) is 6.19 Å². The molecule has 5 nitrogen and oxygen atoms in total. The highest BCUT2D eigenvalue weighted by Gasteiger charge is 2.40. The molecule has 2 saturated heterocycles. The average Bonchev–Trinajstić information content (AvgIpc) is 2.34. The Bertz CT molecular complexity index is 259. The second-order valence-electron chi connectivity index (χ2n) is 3.58. The Labute approximate surface area is 76.2 Å². The molecule has 2 unspecified atom stereocenters. The zero-order valence-electron chi connectivity index (χ0n) is 7.18. The third kappa shape index (κ3) is 1.18. The molecule has 1 amide bonds. The highest BCUT2D eigenvalue weighted by Crippen LogP contribution is 2.28. The summed E-state index contributed by atoms with van der Waals surface area (Å²) in [6.07, 6.45) is 3.17. The van der Waals surface area contributed by atoms with Crippen LogP contribution >= 0.6 is 0 Å². The van der Waals surface area contributed by atoms with Crippen molar-refractivity contribution in [2.45, 2.75) is 24.9 Å². The molecular formula is C8H11N3O2. The number of rotatable bonds is 0. The topological polar surface area (TPSA) is 67.6 Å². The number of hydrogen-bond acceptors (Lipinski definition) is 3. The first-order chi connectivity index (χ1) is 6.22. The van der Waals surface area contributed by atoms with E-state index in [1.165, 1.54) is 4.90 Å². The number of carbonyl (C=O) groups is 1. The van der Waals surface area contributed by atoms with Crippen molar-refractivity contribution >= 4 is 6.09 Å².